The number of aromatic nitrogens is 2. The van der Waals surface area contributed by atoms with Gasteiger partial charge >= 0.3 is 0 Å². The lowest BCUT2D eigenvalue weighted by Crippen LogP contribution is -2.40. The van der Waals surface area contributed by atoms with E-state index in [1.54, 1.807) is 17.9 Å². The van der Waals surface area contributed by atoms with Gasteiger partial charge in [0, 0.05) is 23.9 Å². The number of carbonyl (C=O) groups is 1. The molecule has 1 atom stereocenters. The second-order valence-electron chi connectivity index (χ2n) is 6.96. The minimum atomic E-state index is -0.710. The largest absolute Gasteiger partial charge is 0.311 e. The molecule has 0 aliphatic carbocycles. The predicted octanol–water partition coefficient (Wildman–Crippen LogP) is 4.14. The molecular formula is C23H25N3O2. The van der Waals surface area contributed by atoms with Crippen molar-refractivity contribution < 1.29 is 4.79 Å². The number of aryl methyl sites for hydroxylation is 2. The lowest BCUT2D eigenvalue weighted by molar-refractivity contribution is -0.121. The van der Waals surface area contributed by atoms with Crippen LogP contribution in [-0.2, 0) is 4.79 Å². The van der Waals surface area contributed by atoms with Gasteiger partial charge in [0.05, 0.1) is 5.69 Å². The first-order valence-corrected chi connectivity index (χ1v) is 9.45. The van der Waals surface area contributed by atoms with E-state index in [4.69, 9.17) is 0 Å². The van der Waals surface area contributed by atoms with E-state index >= 15 is 0 Å². The fourth-order valence-electron chi connectivity index (χ4n) is 3.17. The van der Waals surface area contributed by atoms with Crippen molar-refractivity contribution in [1.29, 1.82) is 0 Å². The van der Waals surface area contributed by atoms with Crippen LogP contribution < -0.4 is 10.5 Å². The summed E-state index contributed by atoms with van der Waals surface area (Å²) in [5.74, 6) is -0.163. The van der Waals surface area contributed by atoms with Gasteiger partial charge in [-0.05, 0) is 51.5 Å². The Hall–Kier alpha value is -3.21. The SMILES string of the molecule is CCN(C(=O)C(C)n1nc(-c2ccc(C)cc2)ccc1=O)c1cccc(C)c1. The maximum atomic E-state index is 13.2. The molecule has 2 aromatic carbocycles. The summed E-state index contributed by atoms with van der Waals surface area (Å²) < 4.78 is 1.27. The Kier molecular flexibility index (Phi) is 5.73. The Morgan fingerprint density at radius 1 is 1.04 bits per heavy atom. The molecule has 5 heteroatoms. The molecule has 1 amide bonds. The van der Waals surface area contributed by atoms with E-state index in [9.17, 15) is 9.59 Å². The average molecular weight is 375 g/mol. The Morgan fingerprint density at radius 3 is 2.39 bits per heavy atom. The van der Waals surface area contributed by atoms with E-state index in [0.717, 1.165) is 22.4 Å². The van der Waals surface area contributed by atoms with Crippen molar-refractivity contribution in [3.05, 3.63) is 82.1 Å². The van der Waals surface area contributed by atoms with Crippen LogP contribution in [0, 0.1) is 13.8 Å². The third kappa shape index (κ3) is 4.03. The topological polar surface area (TPSA) is 55.2 Å². The molecule has 0 spiro atoms. The summed E-state index contributed by atoms with van der Waals surface area (Å²) in [5, 5.41) is 4.48. The Bertz CT molecular complexity index is 1040. The molecule has 5 nitrogen and oxygen atoms in total. The van der Waals surface area contributed by atoms with Gasteiger partial charge in [-0.3, -0.25) is 9.59 Å². The van der Waals surface area contributed by atoms with Crippen LogP contribution in [0.3, 0.4) is 0 Å². The van der Waals surface area contributed by atoms with E-state index in [2.05, 4.69) is 5.10 Å². The van der Waals surface area contributed by atoms with Crippen LogP contribution in [-0.4, -0.2) is 22.2 Å². The van der Waals surface area contributed by atoms with Gasteiger partial charge in [-0.1, -0.05) is 42.0 Å². The molecule has 28 heavy (non-hydrogen) atoms. The van der Waals surface area contributed by atoms with Gasteiger partial charge in [0.15, 0.2) is 0 Å². The predicted molar refractivity (Wildman–Crippen MR) is 113 cm³/mol. The second kappa shape index (κ2) is 8.21. The van der Waals surface area contributed by atoms with Crippen LogP contribution in [0.5, 0.6) is 0 Å². The summed E-state index contributed by atoms with van der Waals surface area (Å²) in [6, 6.07) is 18.2. The molecule has 0 aliphatic heterocycles. The molecule has 0 aliphatic rings. The minimum absolute atomic E-state index is 0.163. The third-order valence-electron chi connectivity index (χ3n) is 4.79. The van der Waals surface area contributed by atoms with Gasteiger partial charge in [0.2, 0.25) is 0 Å². The number of hydrogen-bond donors (Lipinski definition) is 0. The molecule has 3 aromatic rings. The lowest BCUT2D eigenvalue weighted by Gasteiger charge is -2.25. The zero-order valence-corrected chi connectivity index (χ0v) is 16.7. The van der Waals surface area contributed by atoms with E-state index in [1.807, 2.05) is 69.3 Å². The molecule has 0 bridgehead atoms. The summed E-state index contributed by atoms with van der Waals surface area (Å²) in [7, 11) is 0. The zero-order chi connectivity index (χ0) is 20.3. The molecule has 0 radical (unpaired) electrons. The number of nitrogens with zero attached hydrogens (tertiary/aromatic N) is 3. The van der Waals surface area contributed by atoms with Crippen molar-refractivity contribution in [3.63, 3.8) is 0 Å². The van der Waals surface area contributed by atoms with E-state index in [-0.39, 0.29) is 11.5 Å². The van der Waals surface area contributed by atoms with Gasteiger partial charge in [0.25, 0.3) is 11.5 Å². The van der Waals surface area contributed by atoms with Crippen molar-refractivity contribution in [2.45, 2.75) is 33.7 Å². The van der Waals surface area contributed by atoms with Gasteiger partial charge < -0.3 is 4.90 Å². The molecule has 144 valence electrons. The van der Waals surface area contributed by atoms with Crippen LogP contribution in [0.25, 0.3) is 11.3 Å². The monoisotopic (exact) mass is 375 g/mol. The first kappa shape index (κ1) is 19.5. The number of hydrogen-bond acceptors (Lipinski definition) is 3. The number of likely N-dealkylation sites (N-methyl/N-ethyl adjacent to an activating group) is 1. The minimum Gasteiger partial charge on any atom is -0.311 e. The highest BCUT2D eigenvalue weighted by Gasteiger charge is 2.24. The maximum absolute atomic E-state index is 13.2. The standard InChI is InChI=1S/C23H25N3O2/c1-5-25(20-8-6-7-17(3)15-20)23(28)18(4)26-22(27)14-13-21(24-26)19-11-9-16(2)10-12-19/h6-15,18H,5H2,1-4H3. The average Bonchev–Trinajstić information content (AvgIpc) is 2.69. The van der Waals surface area contributed by atoms with Crippen molar-refractivity contribution >= 4 is 11.6 Å². The van der Waals surface area contributed by atoms with Gasteiger partial charge in [-0.15, -0.1) is 0 Å². The van der Waals surface area contributed by atoms with Crippen molar-refractivity contribution in [1.82, 2.24) is 9.78 Å². The molecular weight excluding hydrogens is 350 g/mol. The Balaban J connectivity index is 1.95. The number of anilines is 1. The van der Waals surface area contributed by atoms with Crippen molar-refractivity contribution in [2.24, 2.45) is 0 Å². The zero-order valence-electron chi connectivity index (χ0n) is 16.7. The van der Waals surface area contributed by atoms with Crippen LogP contribution in [0.2, 0.25) is 0 Å². The number of rotatable bonds is 5. The van der Waals surface area contributed by atoms with Crippen LogP contribution in [0.15, 0.2) is 65.5 Å². The first-order valence-electron chi connectivity index (χ1n) is 9.45. The summed E-state index contributed by atoms with van der Waals surface area (Å²) in [4.78, 5) is 27.3. The molecule has 1 heterocycles. The highest BCUT2D eigenvalue weighted by Crippen LogP contribution is 2.21. The normalized spacial score (nSPS) is 11.9. The summed E-state index contributed by atoms with van der Waals surface area (Å²) >= 11 is 0. The summed E-state index contributed by atoms with van der Waals surface area (Å²) in [6.07, 6.45) is 0. The molecule has 0 saturated carbocycles. The van der Waals surface area contributed by atoms with Crippen LogP contribution in [0.4, 0.5) is 5.69 Å². The van der Waals surface area contributed by atoms with E-state index < -0.39 is 6.04 Å². The van der Waals surface area contributed by atoms with Crippen molar-refractivity contribution in [3.8, 4) is 11.3 Å². The van der Waals surface area contributed by atoms with Gasteiger partial charge in [-0.25, -0.2) is 4.68 Å². The number of benzene rings is 2. The van der Waals surface area contributed by atoms with Gasteiger partial charge in [0.1, 0.15) is 6.04 Å². The molecule has 0 fully saturated rings. The molecule has 0 N–H and O–H groups in total. The molecule has 1 unspecified atom stereocenters. The molecule has 0 saturated heterocycles. The molecule has 1 aromatic heterocycles. The lowest BCUT2D eigenvalue weighted by atomic mass is 10.1. The highest BCUT2D eigenvalue weighted by atomic mass is 16.2. The summed E-state index contributed by atoms with van der Waals surface area (Å²) in [6.45, 7) is 8.16. The van der Waals surface area contributed by atoms with E-state index in [0.29, 0.717) is 12.2 Å². The smallest absolute Gasteiger partial charge is 0.267 e. The quantitative estimate of drug-likeness (QED) is 0.673. The van der Waals surface area contributed by atoms with Gasteiger partial charge in [-0.2, -0.15) is 5.10 Å². The fraction of sp³-hybridized carbons (Fsp3) is 0.261. The number of amides is 1. The fourth-order valence-corrected chi connectivity index (χ4v) is 3.17. The molecule has 3 rings (SSSR count). The Labute approximate surface area is 165 Å². The van der Waals surface area contributed by atoms with E-state index in [1.165, 1.54) is 10.7 Å². The van der Waals surface area contributed by atoms with Crippen LogP contribution >= 0.6 is 0 Å². The van der Waals surface area contributed by atoms with Crippen molar-refractivity contribution in [2.75, 3.05) is 11.4 Å². The Morgan fingerprint density at radius 2 is 1.75 bits per heavy atom. The van der Waals surface area contributed by atoms with Crippen LogP contribution in [0.1, 0.15) is 31.0 Å². The summed E-state index contributed by atoms with van der Waals surface area (Å²) in [5.41, 5.74) is 4.33. The second-order valence-corrected chi connectivity index (χ2v) is 6.96. The first-order chi connectivity index (χ1) is 13.4. The number of carbonyl (C=O) groups excluding carboxylic acids is 1. The maximum Gasteiger partial charge on any atom is 0.267 e. The third-order valence-corrected chi connectivity index (χ3v) is 4.79. The highest BCUT2D eigenvalue weighted by molar-refractivity contribution is 5.95.